The number of fused-ring (bicyclic) bond motifs is 4. The number of carboxylic acids is 1. The summed E-state index contributed by atoms with van der Waals surface area (Å²) in [4.78, 5) is 64.6. The molecular weight excluding hydrogens is 472 g/mol. The Kier molecular flexibility index (Phi) is 6.54. The molecule has 0 amide bonds. The second kappa shape index (κ2) is 8.69. The molecule has 0 aromatic carbocycles. The number of ketones is 4. The highest BCUT2D eigenvalue weighted by atomic mass is 16.4. The lowest BCUT2D eigenvalue weighted by atomic mass is 9.42. The van der Waals surface area contributed by atoms with E-state index in [1.54, 1.807) is 0 Å². The number of carbonyl (C=O) groups excluding carboxylic acids is 4. The van der Waals surface area contributed by atoms with Gasteiger partial charge in [-0.05, 0) is 36.0 Å². The van der Waals surface area contributed by atoms with Crippen LogP contribution in [0.4, 0.5) is 0 Å². The predicted molar refractivity (Wildman–Crippen MR) is 136 cm³/mol. The molecule has 0 aromatic rings. The molecule has 7 nitrogen and oxygen atoms in total. The average Bonchev–Trinajstić information content (AvgIpc) is 2.99. The van der Waals surface area contributed by atoms with Crippen molar-refractivity contribution in [3.63, 3.8) is 0 Å². The van der Waals surface area contributed by atoms with Gasteiger partial charge in [0.15, 0.2) is 11.6 Å². The molecule has 0 saturated heterocycles. The smallest absolute Gasteiger partial charge is 0.306 e. The molecule has 0 spiro atoms. The molecule has 0 unspecified atom stereocenters. The third kappa shape index (κ3) is 3.74. The maximum absolute atomic E-state index is 14.0. The molecule has 204 valence electrons. The third-order valence-electron chi connectivity index (χ3n) is 11.4. The van der Waals surface area contributed by atoms with Gasteiger partial charge in [-0.2, -0.15) is 0 Å². The maximum atomic E-state index is 14.0. The Morgan fingerprint density at radius 1 is 0.973 bits per heavy atom. The van der Waals surface area contributed by atoms with Crippen LogP contribution >= 0.6 is 0 Å². The summed E-state index contributed by atoms with van der Waals surface area (Å²) in [6, 6.07) is 0. The van der Waals surface area contributed by atoms with E-state index in [2.05, 4.69) is 0 Å². The van der Waals surface area contributed by atoms with Gasteiger partial charge in [-0.3, -0.25) is 24.0 Å². The average molecular weight is 515 g/mol. The zero-order valence-electron chi connectivity index (χ0n) is 23.3. The third-order valence-corrected chi connectivity index (χ3v) is 11.4. The highest BCUT2D eigenvalue weighted by Gasteiger charge is 2.70. The van der Waals surface area contributed by atoms with E-state index >= 15 is 0 Å². The van der Waals surface area contributed by atoms with E-state index in [-0.39, 0.29) is 66.6 Å². The minimum absolute atomic E-state index is 0.0517. The number of allylic oxidation sites excluding steroid dienone is 1. The fourth-order valence-electron chi connectivity index (χ4n) is 8.92. The molecule has 0 radical (unpaired) electrons. The number of Topliss-reactive ketones (excluding diaryl/α,β-unsaturated/α-hetero) is 4. The van der Waals surface area contributed by atoms with E-state index < -0.39 is 39.7 Å². The van der Waals surface area contributed by atoms with Crippen molar-refractivity contribution in [1.29, 1.82) is 0 Å². The molecule has 8 atom stereocenters. The predicted octanol–water partition coefficient (Wildman–Crippen LogP) is 4.34. The molecule has 4 aliphatic carbocycles. The number of hydrogen-bond donors (Lipinski definition) is 2. The lowest BCUT2D eigenvalue weighted by Crippen LogP contribution is -2.59. The standard InChI is InChI=1S/C30H42O7/c1-15(10-17(31)11-16(2)26(36)37)18-12-23(35)30(7)25-19(32)13-21-27(3,4)22(34)8-9-28(21,5)24(25)20(33)14-29(18,30)6/h15-16,18,21,23,35H,8-14H2,1-7H3,(H,36,37)/t15-,16-,18-,21-,23+,28+,29-,30+/m1/s1. The number of rotatable bonds is 6. The Bertz CT molecular complexity index is 1110. The summed E-state index contributed by atoms with van der Waals surface area (Å²) in [5.41, 5.74) is -1.98. The van der Waals surface area contributed by atoms with Crippen LogP contribution in [0.15, 0.2) is 11.1 Å². The number of hydrogen-bond acceptors (Lipinski definition) is 6. The molecule has 4 rings (SSSR count). The van der Waals surface area contributed by atoms with E-state index in [0.717, 1.165) is 0 Å². The first kappa shape index (κ1) is 27.9. The quantitative estimate of drug-likeness (QED) is 0.540. The molecule has 4 aliphatic rings. The van der Waals surface area contributed by atoms with Crippen molar-refractivity contribution in [2.75, 3.05) is 0 Å². The van der Waals surface area contributed by atoms with Crippen molar-refractivity contribution in [2.45, 2.75) is 99.5 Å². The van der Waals surface area contributed by atoms with Crippen LogP contribution in [-0.4, -0.2) is 45.4 Å². The second-order valence-electron chi connectivity index (χ2n) is 13.7. The molecule has 0 bridgehead atoms. The summed E-state index contributed by atoms with van der Waals surface area (Å²) >= 11 is 0. The normalized spacial score (nSPS) is 40.5. The molecule has 37 heavy (non-hydrogen) atoms. The number of aliphatic hydroxyl groups excluding tert-OH is 1. The molecular formula is C30H42O7. The first-order valence-electron chi connectivity index (χ1n) is 13.7. The molecule has 2 N–H and O–H groups in total. The van der Waals surface area contributed by atoms with Gasteiger partial charge in [-0.1, -0.05) is 48.5 Å². The Morgan fingerprint density at radius 2 is 1.59 bits per heavy atom. The van der Waals surface area contributed by atoms with Crippen LogP contribution in [0.2, 0.25) is 0 Å². The number of carboxylic acid groups (broad SMARTS) is 1. The van der Waals surface area contributed by atoms with Gasteiger partial charge < -0.3 is 10.2 Å². The molecule has 2 saturated carbocycles. The highest BCUT2D eigenvalue weighted by molar-refractivity contribution is 6.12. The van der Waals surface area contributed by atoms with Gasteiger partial charge in [0.2, 0.25) is 0 Å². The number of carbonyl (C=O) groups is 5. The van der Waals surface area contributed by atoms with Crippen LogP contribution in [0.3, 0.4) is 0 Å². The molecule has 0 heterocycles. The first-order valence-corrected chi connectivity index (χ1v) is 13.7. The topological polar surface area (TPSA) is 126 Å². The lowest BCUT2D eigenvalue weighted by Gasteiger charge is -2.59. The number of aliphatic hydroxyl groups is 1. The van der Waals surface area contributed by atoms with Crippen molar-refractivity contribution in [3.05, 3.63) is 11.1 Å². The summed E-state index contributed by atoms with van der Waals surface area (Å²) in [5, 5.41) is 20.8. The minimum atomic E-state index is -1.01. The van der Waals surface area contributed by atoms with Crippen LogP contribution in [-0.2, 0) is 24.0 Å². The van der Waals surface area contributed by atoms with Gasteiger partial charge in [0, 0.05) is 59.5 Å². The Balaban J connectivity index is 1.75. The zero-order valence-corrected chi connectivity index (χ0v) is 23.3. The monoisotopic (exact) mass is 514 g/mol. The zero-order chi connectivity index (χ0) is 27.9. The van der Waals surface area contributed by atoms with Gasteiger partial charge in [0.1, 0.15) is 11.6 Å². The minimum Gasteiger partial charge on any atom is -0.481 e. The SMILES string of the molecule is C[C@H](CC(=O)C[C@@H](C)[C@H]1C[C@H](O)[C@@]2(C)C3=C(C(=O)C[C@]12C)[C@@]1(C)CCC(=O)C(C)(C)[C@H]1CC3=O)C(=O)O. The fourth-order valence-corrected chi connectivity index (χ4v) is 8.92. The van der Waals surface area contributed by atoms with Gasteiger partial charge in [-0.25, -0.2) is 0 Å². The lowest BCUT2D eigenvalue weighted by molar-refractivity contribution is -0.147. The van der Waals surface area contributed by atoms with Crippen LogP contribution in [0, 0.1) is 45.3 Å². The van der Waals surface area contributed by atoms with Crippen molar-refractivity contribution >= 4 is 29.1 Å². The summed E-state index contributed by atoms with van der Waals surface area (Å²) in [6.07, 6.45) is 0.899. The summed E-state index contributed by atoms with van der Waals surface area (Å²) in [7, 11) is 0. The van der Waals surface area contributed by atoms with Crippen molar-refractivity contribution in [1.82, 2.24) is 0 Å². The van der Waals surface area contributed by atoms with E-state index in [9.17, 15) is 34.2 Å². The Morgan fingerprint density at radius 3 is 2.19 bits per heavy atom. The largest absolute Gasteiger partial charge is 0.481 e. The van der Waals surface area contributed by atoms with Gasteiger partial charge >= 0.3 is 5.97 Å². The fraction of sp³-hybridized carbons (Fsp3) is 0.767. The van der Waals surface area contributed by atoms with Crippen molar-refractivity contribution < 1.29 is 34.2 Å². The maximum Gasteiger partial charge on any atom is 0.306 e. The van der Waals surface area contributed by atoms with Crippen LogP contribution < -0.4 is 0 Å². The molecule has 0 aliphatic heterocycles. The van der Waals surface area contributed by atoms with Crippen LogP contribution in [0.1, 0.15) is 93.4 Å². The molecule has 7 heteroatoms. The van der Waals surface area contributed by atoms with E-state index in [1.807, 2.05) is 41.5 Å². The Labute approximate surface area is 219 Å². The van der Waals surface area contributed by atoms with Crippen molar-refractivity contribution in [3.8, 4) is 0 Å². The van der Waals surface area contributed by atoms with Crippen LogP contribution in [0.5, 0.6) is 0 Å². The second-order valence-corrected chi connectivity index (χ2v) is 13.7. The summed E-state index contributed by atoms with van der Waals surface area (Å²) < 4.78 is 0. The molecule has 0 aromatic heterocycles. The Hall–Kier alpha value is -2.15. The van der Waals surface area contributed by atoms with Gasteiger partial charge in [0.05, 0.1) is 12.0 Å². The van der Waals surface area contributed by atoms with Gasteiger partial charge in [-0.15, -0.1) is 0 Å². The summed E-state index contributed by atoms with van der Waals surface area (Å²) in [6.45, 7) is 13.1. The highest BCUT2D eigenvalue weighted by Crippen LogP contribution is 2.70. The molecule has 2 fully saturated rings. The van der Waals surface area contributed by atoms with Crippen LogP contribution in [0.25, 0.3) is 0 Å². The van der Waals surface area contributed by atoms with E-state index in [1.165, 1.54) is 6.92 Å². The summed E-state index contributed by atoms with van der Waals surface area (Å²) in [5.74, 6) is -2.62. The first-order chi connectivity index (χ1) is 16.9. The van der Waals surface area contributed by atoms with Gasteiger partial charge in [0.25, 0.3) is 0 Å². The van der Waals surface area contributed by atoms with Crippen molar-refractivity contribution in [2.24, 2.45) is 45.3 Å². The van der Waals surface area contributed by atoms with E-state index in [0.29, 0.717) is 30.4 Å². The number of aliphatic carboxylic acids is 1. The van der Waals surface area contributed by atoms with E-state index in [4.69, 9.17) is 0 Å².